The smallest absolute Gasteiger partial charge is 0.258 e. The summed E-state index contributed by atoms with van der Waals surface area (Å²) < 4.78 is 5.89. The highest BCUT2D eigenvalue weighted by atomic mass is 16.5. The van der Waals surface area contributed by atoms with E-state index in [2.05, 4.69) is 67.4 Å². The molecule has 2 aromatic carbocycles. The summed E-state index contributed by atoms with van der Waals surface area (Å²) in [6, 6.07) is 15.1. The van der Waals surface area contributed by atoms with E-state index in [4.69, 9.17) is 4.74 Å². The number of nitrogens with zero attached hydrogens (tertiary/aromatic N) is 1. The first-order valence-electron chi connectivity index (χ1n) is 10.7. The van der Waals surface area contributed by atoms with Crippen molar-refractivity contribution in [3.05, 3.63) is 64.7 Å². The standard InChI is InChI=1S/C25H34N2O2/c1-18(2)22-12-9-20(4)15-24(22)29-17-25(28)26-16-23(27-13-5-6-14-27)21-10-7-19(3)8-11-21/h7-12,15,18,23H,5-6,13-14,16-17H2,1-4H3,(H,26,28). The molecule has 1 aliphatic heterocycles. The van der Waals surface area contributed by atoms with Crippen LogP contribution in [0.15, 0.2) is 42.5 Å². The maximum atomic E-state index is 12.5. The first-order chi connectivity index (χ1) is 13.9. The van der Waals surface area contributed by atoms with E-state index in [-0.39, 0.29) is 18.6 Å². The van der Waals surface area contributed by atoms with Crippen LogP contribution >= 0.6 is 0 Å². The molecule has 0 saturated carbocycles. The predicted molar refractivity (Wildman–Crippen MR) is 118 cm³/mol. The molecular formula is C25H34N2O2. The van der Waals surface area contributed by atoms with Gasteiger partial charge in [0.15, 0.2) is 6.61 Å². The molecule has 0 aromatic heterocycles. The molecule has 156 valence electrons. The lowest BCUT2D eigenvalue weighted by molar-refractivity contribution is -0.123. The summed E-state index contributed by atoms with van der Waals surface area (Å²) in [5, 5.41) is 3.10. The van der Waals surface area contributed by atoms with Crippen LogP contribution in [0.5, 0.6) is 5.75 Å². The van der Waals surface area contributed by atoms with Crippen molar-refractivity contribution in [1.82, 2.24) is 10.2 Å². The fourth-order valence-corrected chi connectivity index (χ4v) is 3.95. The van der Waals surface area contributed by atoms with E-state index in [1.165, 1.54) is 24.0 Å². The number of likely N-dealkylation sites (tertiary alicyclic amines) is 1. The van der Waals surface area contributed by atoms with Gasteiger partial charge in [-0.25, -0.2) is 0 Å². The molecule has 1 fully saturated rings. The Kier molecular flexibility index (Phi) is 7.32. The van der Waals surface area contributed by atoms with Crippen LogP contribution in [0.2, 0.25) is 0 Å². The average Bonchev–Trinajstić information content (AvgIpc) is 3.22. The number of hydrogen-bond acceptors (Lipinski definition) is 3. The monoisotopic (exact) mass is 394 g/mol. The SMILES string of the molecule is Cc1ccc(C(CNC(=O)COc2cc(C)ccc2C(C)C)N2CCCC2)cc1. The number of carbonyl (C=O) groups is 1. The molecule has 0 aliphatic carbocycles. The minimum absolute atomic E-state index is 0.0454. The molecule has 4 nitrogen and oxygen atoms in total. The predicted octanol–water partition coefficient (Wildman–Crippen LogP) is 4.76. The Morgan fingerprint density at radius 2 is 1.69 bits per heavy atom. The van der Waals surface area contributed by atoms with Crippen LogP contribution in [-0.2, 0) is 4.79 Å². The molecule has 1 unspecified atom stereocenters. The van der Waals surface area contributed by atoms with Crippen LogP contribution in [-0.4, -0.2) is 37.0 Å². The third kappa shape index (κ3) is 5.83. The molecule has 0 bridgehead atoms. The molecule has 1 saturated heterocycles. The normalized spacial score (nSPS) is 15.5. The van der Waals surface area contributed by atoms with E-state index >= 15 is 0 Å². The van der Waals surface area contributed by atoms with Gasteiger partial charge in [-0.15, -0.1) is 0 Å². The number of rotatable bonds is 8. The van der Waals surface area contributed by atoms with E-state index in [9.17, 15) is 4.79 Å². The number of carbonyl (C=O) groups excluding carboxylic acids is 1. The lowest BCUT2D eigenvalue weighted by Crippen LogP contribution is -2.38. The Labute approximate surface area is 175 Å². The van der Waals surface area contributed by atoms with Crippen LogP contribution in [0.1, 0.15) is 60.9 Å². The molecule has 1 atom stereocenters. The molecule has 1 amide bonds. The Morgan fingerprint density at radius 1 is 1.03 bits per heavy atom. The molecule has 1 aliphatic rings. The Hall–Kier alpha value is -2.33. The fourth-order valence-electron chi connectivity index (χ4n) is 3.95. The summed E-state index contributed by atoms with van der Waals surface area (Å²) in [5.74, 6) is 1.09. The minimum Gasteiger partial charge on any atom is -0.483 e. The van der Waals surface area contributed by atoms with Crippen LogP contribution in [0.25, 0.3) is 0 Å². The van der Waals surface area contributed by atoms with Crippen molar-refractivity contribution in [3.63, 3.8) is 0 Å². The van der Waals surface area contributed by atoms with Crippen molar-refractivity contribution in [2.45, 2.75) is 52.5 Å². The highest BCUT2D eigenvalue weighted by Crippen LogP contribution is 2.28. The molecule has 1 N–H and O–H groups in total. The van der Waals surface area contributed by atoms with Gasteiger partial charge in [-0.3, -0.25) is 9.69 Å². The van der Waals surface area contributed by atoms with Gasteiger partial charge in [0.1, 0.15) is 5.75 Å². The highest BCUT2D eigenvalue weighted by molar-refractivity contribution is 5.77. The summed E-state index contributed by atoms with van der Waals surface area (Å²) in [6.45, 7) is 11.3. The quantitative estimate of drug-likeness (QED) is 0.702. The molecular weight excluding hydrogens is 360 g/mol. The zero-order valence-electron chi connectivity index (χ0n) is 18.2. The first-order valence-corrected chi connectivity index (χ1v) is 10.7. The molecule has 3 rings (SSSR count). The minimum atomic E-state index is -0.0717. The molecule has 0 radical (unpaired) electrons. The molecule has 2 aromatic rings. The summed E-state index contributed by atoms with van der Waals surface area (Å²) in [6.07, 6.45) is 2.45. The first kappa shape index (κ1) is 21.4. The second kappa shape index (κ2) is 9.93. The third-order valence-corrected chi connectivity index (χ3v) is 5.69. The van der Waals surface area contributed by atoms with Gasteiger partial charge in [-0.1, -0.05) is 55.8 Å². The summed E-state index contributed by atoms with van der Waals surface area (Å²) in [7, 11) is 0. The summed E-state index contributed by atoms with van der Waals surface area (Å²) >= 11 is 0. The zero-order chi connectivity index (χ0) is 20.8. The topological polar surface area (TPSA) is 41.6 Å². The van der Waals surface area contributed by atoms with Crippen LogP contribution in [0.4, 0.5) is 0 Å². The molecule has 29 heavy (non-hydrogen) atoms. The van der Waals surface area contributed by atoms with Crippen molar-refractivity contribution in [1.29, 1.82) is 0 Å². The number of hydrogen-bond donors (Lipinski definition) is 1. The molecule has 4 heteroatoms. The largest absolute Gasteiger partial charge is 0.483 e. The van der Waals surface area contributed by atoms with Crippen molar-refractivity contribution >= 4 is 5.91 Å². The van der Waals surface area contributed by atoms with Crippen molar-refractivity contribution in [3.8, 4) is 5.75 Å². The zero-order valence-corrected chi connectivity index (χ0v) is 18.2. The fraction of sp³-hybridized carbons (Fsp3) is 0.480. The Bertz CT molecular complexity index is 808. The van der Waals surface area contributed by atoms with E-state index in [1.54, 1.807) is 0 Å². The Balaban J connectivity index is 1.60. The van der Waals surface area contributed by atoms with Crippen LogP contribution in [0.3, 0.4) is 0 Å². The van der Waals surface area contributed by atoms with Gasteiger partial charge in [0.2, 0.25) is 0 Å². The maximum Gasteiger partial charge on any atom is 0.258 e. The second-order valence-corrected chi connectivity index (χ2v) is 8.46. The van der Waals surface area contributed by atoms with Gasteiger partial charge in [0.05, 0.1) is 6.04 Å². The van der Waals surface area contributed by atoms with E-state index in [1.807, 2.05) is 13.0 Å². The summed E-state index contributed by atoms with van der Waals surface area (Å²) in [5.41, 5.74) is 4.79. The van der Waals surface area contributed by atoms with Crippen molar-refractivity contribution < 1.29 is 9.53 Å². The Morgan fingerprint density at radius 3 is 2.34 bits per heavy atom. The number of ether oxygens (including phenoxy) is 1. The van der Waals surface area contributed by atoms with Crippen LogP contribution < -0.4 is 10.1 Å². The van der Waals surface area contributed by atoms with Crippen molar-refractivity contribution in [2.75, 3.05) is 26.2 Å². The average molecular weight is 395 g/mol. The number of nitrogens with one attached hydrogen (secondary N) is 1. The van der Waals surface area contributed by atoms with Crippen molar-refractivity contribution in [2.24, 2.45) is 0 Å². The van der Waals surface area contributed by atoms with Gasteiger partial charge in [0, 0.05) is 6.54 Å². The van der Waals surface area contributed by atoms with Gasteiger partial charge < -0.3 is 10.1 Å². The maximum absolute atomic E-state index is 12.5. The second-order valence-electron chi connectivity index (χ2n) is 8.46. The number of amides is 1. The van der Waals surface area contributed by atoms with Gasteiger partial charge in [-0.2, -0.15) is 0 Å². The lowest BCUT2D eigenvalue weighted by atomic mass is 10.0. The lowest BCUT2D eigenvalue weighted by Gasteiger charge is -2.28. The van der Waals surface area contributed by atoms with E-state index in [0.29, 0.717) is 12.5 Å². The highest BCUT2D eigenvalue weighted by Gasteiger charge is 2.24. The summed E-state index contributed by atoms with van der Waals surface area (Å²) in [4.78, 5) is 15.0. The van der Waals surface area contributed by atoms with Gasteiger partial charge in [-0.05, 0) is 68.5 Å². The van der Waals surface area contributed by atoms with E-state index in [0.717, 1.165) is 30.0 Å². The third-order valence-electron chi connectivity index (χ3n) is 5.69. The van der Waals surface area contributed by atoms with E-state index < -0.39 is 0 Å². The number of aryl methyl sites for hydroxylation is 2. The molecule has 0 spiro atoms. The van der Waals surface area contributed by atoms with Gasteiger partial charge >= 0.3 is 0 Å². The van der Waals surface area contributed by atoms with Crippen LogP contribution in [0, 0.1) is 13.8 Å². The van der Waals surface area contributed by atoms with Gasteiger partial charge in [0.25, 0.3) is 5.91 Å². The molecule has 1 heterocycles. The number of benzene rings is 2.